The van der Waals surface area contributed by atoms with Crippen LogP contribution >= 0.6 is 0 Å². The second-order valence-corrected chi connectivity index (χ2v) is 2.11. The van der Waals surface area contributed by atoms with E-state index in [9.17, 15) is 26.3 Å². The maximum atomic E-state index is 12.1. The van der Waals surface area contributed by atoms with Gasteiger partial charge in [-0.15, -0.1) is 6.58 Å². The van der Waals surface area contributed by atoms with Crippen molar-refractivity contribution in [1.29, 1.82) is 0 Å². The smallest absolute Gasteiger partial charge is 0.240 e. The van der Waals surface area contributed by atoms with E-state index in [-0.39, 0.29) is 0 Å². The van der Waals surface area contributed by atoms with Crippen LogP contribution in [0, 0.1) is 0 Å². The van der Waals surface area contributed by atoms with Crippen molar-refractivity contribution in [3.63, 3.8) is 0 Å². The molecule has 0 spiro atoms. The summed E-state index contributed by atoms with van der Waals surface area (Å²) in [7, 11) is 0. The lowest BCUT2D eigenvalue weighted by Crippen LogP contribution is -2.44. The molecule has 0 heterocycles. The lowest BCUT2D eigenvalue weighted by molar-refractivity contribution is -0.302. The lowest BCUT2D eigenvalue weighted by atomic mass is 10.1. The SMILES string of the molecule is C=CCC(F)C(F)(F)C(F)(F)F. The monoisotopic (exact) mass is 192 g/mol. The summed E-state index contributed by atoms with van der Waals surface area (Å²) in [5.74, 6) is -5.29. The van der Waals surface area contributed by atoms with E-state index in [2.05, 4.69) is 6.58 Å². The summed E-state index contributed by atoms with van der Waals surface area (Å²) in [6.45, 7) is 2.86. The minimum Gasteiger partial charge on any atom is -0.240 e. The van der Waals surface area contributed by atoms with Gasteiger partial charge in [-0.05, 0) is 0 Å². The van der Waals surface area contributed by atoms with Gasteiger partial charge in [0.2, 0.25) is 0 Å². The zero-order valence-electron chi connectivity index (χ0n) is 5.84. The molecule has 0 fully saturated rings. The Morgan fingerprint density at radius 1 is 1.17 bits per heavy atom. The van der Waals surface area contributed by atoms with Crippen molar-refractivity contribution in [2.24, 2.45) is 0 Å². The summed E-state index contributed by atoms with van der Waals surface area (Å²) in [6, 6.07) is 0. The minimum absolute atomic E-state index is 0.671. The fraction of sp³-hybridized carbons (Fsp3) is 0.667. The number of halogens is 6. The molecule has 0 saturated heterocycles. The molecule has 0 aromatic heterocycles. The van der Waals surface area contributed by atoms with Gasteiger partial charge in [0.1, 0.15) is 0 Å². The fourth-order valence-electron chi connectivity index (χ4n) is 0.472. The van der Waals surface area contributed by atoms with Crippen LogP contribution in [0.25, 0.3) is 0 Å². The van der Waals surface area contributed by atoms with Crippen LogP contribution in [0.5, 0.6) is 0 Å². The van der Waals surface area contributed by atoms with E-state index in [1.807, 2.05) is 0 Å². The zero-order chi connectivity index (χ0) is 9.99. The third-order valence-electron chi connectivity index (χ3n) is 1.14. The van der Waals surface area contributed by atoms with Gasteiger partial charge in [0.25, 0.3) is 0 Å². The van der Waals surface area contributed by atoms with Crippen LogP contribution in [-0.4, -0.2) is 18.3 Å². The molecule has 0 rings (SSSR count). The Bertz CT molecular complexity index is 158. The van der Waals surface area contributed by atoms with Crippen molar-refractivity contribution in [1.82, 2.24) is 0 Å². The van der Waals surface area contributed by atoms with Crippen LogP contribution in [0.2, 0.25) is 0 Å². The van der Waals surface area contributed by atoms with Crippen molar-refractivity contribution >= 4 is 0 Å². The molecule has 6 heteroatoms. The van der Waals surface area contributed by atoms with Crippen molar-refractivity contribution < 1.29 is 26.3 Å². The highest BCUT2D eigenvalue weighted by Crippen LogP contribution is 2.40. The Morgan fingerprint density at radius 3 is 1.83 bits per heavy atom. The first-order chi connectivity index (χ1) is 5.23. The highest BCUT2D eigenvalue weighted by Gasteiger charge is 2.62. The topological polar surface area (TPSA) is 0 Å². The third-order valence-corrected chi connectivity index (χ3v) is 1.14. The van der Waals surface area contributed by atoms with Crippen molar-refractivity contribution in [2.45, 2.75) is 24.7 Å². The van der Waals surface area contributed by atoms with Gasteiger partial charge in [-0.1, -0.05) is 6.08 Å². The van der Waals surface area contributed by atoms with Gasteiger partial charge in [0.15, 0.2) is 6.17 Å². The predicted molar refractivity (Wildman–Crippen MR) is 30.7 cm³/mol. The number of alkyl halides is 6. The Morgan fingerprint density at radius 2 is 1.58 bits per heavy atom. The zero-order valence-corrected chi connectivity index (χ0v) is 5.84. The minimum atomic E-state index is -5.84. The van der Waals surface area contributed by atoms with Crippen LogP contribution in [0.1, 0.15) is 6.42 Å². The second kappa shape index (κ2) is 3.37. The van der Waals surface area contributed by atoms with Gasteiger partial charge in [0, 0.05) is 6.42 Å². The molecule has 0 nitrogen and oxygen atoms in total. The summed E-state index contributed by atoms with van der Waals surface area (Å²) in [4.78, 5) is 0. The Kier molecular flexibility index (Phi) is 3.17. The maximum Gasteiger partial charge on any atom is 0.456 e. The standard InChI is InChI=1S/C6H6F6/c1-2-3-4(7)5(8,9)6(10,11)12/h2,4H,1,3H2. The molecule has 0 aliphatic rings. The van der Waals surface area contributed by atoms with Crippen LogP contribution in [-0.2, 0) is 0 Å². The molecule has 1 atom stereocenters. The molecule has 0 N–H and O–H groups in total. The number of rotatable bonds is 3. The Balaban J connectivity index is 4.48. The number of allylic oxidation sites excluding steroid dienone is 1. The van der Waals surface area contributed by atoms with Gasteiger partial charge in [0.05, 0.1) is 0 Å². The summed E-state index contributed by atoms with van der Waals surface area (Å²) >= 11 is 0. The van der Waals surface area contributed by atoms with Crippen molar-refractivity contribution in [3.8, 4) is 0 Å². The molecular formula is C6H6F6. The first-order valence-corrected chi connectivity index (χ1v) is 2.93. The van der Waals surface area contributed by atoms with Gasteiger partial charge >= 0.3 is 12.1 Å². The summed E-state index contributed by atoms with van der Waals surface area (Å²) < 4.78 is 70.2. The normalized spacial score (nSPS) is 15.8. The summed E-state index contributed by atoms with van der Waals surface area (Å²) in [6.07, 6.45) is -9.44. The molecule has 0 saturated carbocycles. The van der Waals surface area contributed by atoms with E-state index >= 15 is 0 Å². The average Bonchev–Trinajstić information content (AvgIpc) is 1.85. The first kappa shape index (κ1) is 11.3. The van der Waals surface area contributed by atoms with Crippen LogP contribution in [0.3, 0.4) is 0 Å². The average molecular weight is 192 g/mol. The van der Waals surface area contributed by atoms with E-state index in [0.717, 1.165) is 0 Å². The molecule has 12 heavy (non-hydrogen) atoms. The summed E-state index contributed by atoms with van der Waals surface area (Å²) in [5, 5.41) is 0. The van der Waals surface area contributed by atoms with Crippen LogP contribution in [0.15, 0.2) is 12.7 Å². The molecular weight excluding hydrogens is 186 g/mol. The van der Waals surface area contributed by atoms with Crippen molar-refractivity contribution in [3.05, 3.63) is 12.7 Å². The molecule has 1 unspecified atom stereocenters. The molecule has 0 aliphatic carbocycles. The van der Waals surface area contributed by atoms with Gasteiger partial charge in [-0.25, -0.2) is 4.39 Å². The highest BCUT2D eigenvalue weighted by atomic mass is 19.4. The quantitative estimate of drug-likeness (QED) is 0.476. The van der Waals surface area contributed by atoms with Gasteiger partial charge in [-0.3, -0.25) is 0 Å². The second-order valence-electron chi connectivity index (χ2n) is 2.11. The number of hydrogen-bond donors (Lipinski definition) is 0. The molecule has 0 bridgehead atoms. The lowest BCUT2D eigenvalue weighted by Gasteiger charge is -2.21. The number of hydrogen-bond acceptors (Lipinski definition) is 0. The Hall–Kier alpha value is -0.680. The van der Waals surface area contributed by atoms with E-state index in [1.54, 1.807) is 0 Å². The molecule has 0 aromatic carbocycles. The van der Waals surface area contributed by atoms with Gasteiger partial charge < -0.3 is 0 Å². The highest BCUT2D eigenvalue weighted by molar-refractivity contribution is 4.88. The maximum absolute atomic E-state index is 12.1. The molecule has 0 aliphatic heterocycles. The van der Waals surface area contributed by atoms with Crippen LogP contribution in [0.4, 0.5) is 26.3 Å². The Labute approximate surface area is 64.9 Å². The molecule has 0 amide bonds. The van der Waals surface area contributed by atoms with Gasteiger partial charge in [-0.2, -0.15) is 22.0 Å². The summed E-state index contributed by atoms with van der Waals surface area (Å²) in [5.41, 5.74) is 0. The third kappa shape index (κ3) is 2.15. The van der Waals surface area contributed by atoms with E-state index < -0.39 is 24.7 Å². The van der Waals surface area contributed by atoms with Crippen LogP contribution < -0.4 is 0 Å². The predicted octanol–water partition coefficient (Wildman–Crippen LogP) is 3.10. The van der Waals surface area contributed by atoms with E-state index in [1.165, 1.54) is 0 Å². The van der Waals surface area contributed by atoms with Crippen molar-refractivity contribution in [2.75, 3.05) is 0 Å². The first-order valence-electron chi connectivity index (χ1n) is 2.93. The molecule has 0 aromatic rings. The largest absolute Gasteiger partial charge is 0.456 e. The molecule has 72 valence electrons. The van der Waals surface area contributed by atoms with E-state index in [4.69, 9.17) is 0 Å². The molecule has 0 radical (unpaired) electrons. The fourth-order valence-corrected chi connectivity index (χ4v) is 0.472. The van der Waals surface area contributed by atoms with E-state index in [0.29, 0.717) is 6.08 Å².